The van der Waals surface area contributed by atoms with Gasteiger partial charge in [-0.15, -0.1) is 0 Å². The van der Waals surface area contributed by atoms with Crippen LogP contribution in [0, 0.1) is 5.92 Å². The minimum Gasteiger partial charge on any atom is -0.493 e. The van der Waals surface area contributed by atoms with Crippen molar-refractivity contribution in [2.45, 2.75) is 12.8 Å². The molecule has 2 aromatic rings. The highest BCUT2D eigenvalue weighted by molar-refractivity contribution is 6.30. The summed E-state index contributed by atoms with van der Waals surface area (Å²) >= 11 is 5.87. The van der Waals surface area contributed by atoms with Crippen molar-refractivity contribution in [1.82, 2.24) is 4.90 Å². The van der Waals surface area contributed by atoms with Crippen LogP contribution in [0.4, 0.5) is 10.5 Å². The Morgan fingerprint density at radius 2 is 1.75 bits per heavy atom. The van der Waals surface area contributed by atoms with Crippen LogP contribution in [0.2, 0.25) is 5.02 Å². The van der Waals surface area contributed by atoms with E-state index >= 15 is 0 Å². The lowest BCUT2D eigenvalue weighted by Gasteiger charge is -2.31. The lowest BCUT2D eigenvalue weighted by Crippen LogP contribution is -2.42. The molecule has 0 unspecified atom stereocenters. The van der Waals surface area contributed by atoms with E-state index < -0.39 is 0 Å². The van der Waals surface area contributed by atoms with E-state index in [1.807, 2.05) is 59.5 Å². The molecule has 0 radical (unpaired) electrons. The number of carbonyl (C=O) groups is 1. The first-order valence-corrected chi connectivity index (χ1v) is 8.58. The number of urea groups is 1. The molecular formula is C19H21ClN2O2. The van der Waals surface area contributed by atoms with E-state index in [1.165, 1.54) is 0 Å². The van der Waals surface area contributed by atoms with Crippen LogP contribution >= 0.6 is 11.6 Å². The molecule has 24 heavy (non-hydrogen) atoms. The topological polar surface area (TPSA) is 41.6 Å². The maximum Gasteiger partial charge on any atom is 0.321 e. The summed E-state index contributed by atoms with van der Waals surface area (Å²) in [6.07, 6.45) is 1.91. The Kier molecular flexibility index (Phi) is 5.59. The van der Waals surface area contributed by atoms with Gasteiger partial charge in [0.1, 0.15) is 5.75 Å². The number of para-hydroxylation sites is 1. The third-order valence-electron chi connectivity index (χ3n) is 4.23. The molecule has 1 N–H and O–H groups in total. The van der Waals surface area contributed by atoms with Gasteiger partial charge in [0, 0.05) is 23.8 Å². The van der Waals surface area contributed by atoms with Crippen molar-refractivity contribution in [2.24, 2.45) is 5.92 Å². The zero-order chi connectivity index (χ0) is 16.8. The van der Waals surface area contributed by atoms with Crippen molar-refractivity contribution in [1.29, 1.82) is 0 Å². The number of nitrogens with zero attached hydrogens (tertiary/aromatic N) is 1. The van der Waals surface area contributed by atoms with Gasteiger partial charge in [-0.2, -0.15) is 0 Å². The first-order chi connectivity index (χ1) is 11.7. The molecule has 4 nitrogen and oxygen atoms in total. The summed E-state index contributed by atoms with van der Waals surface area (Å²) in [4.78, 5) is 14.1. The Morgan fingerprint density at radius 1 is 1.08 bits per heavy atom. The van der Waals surface area contributed by atoms with Gasteiger partial charge in [-0.1, -0.05) is 29.8 Å². The van der Waals surface area contributed by atoms with E-state index in [1.54, 1.807) is 0 Å². The molecule has 0 aromatic heterocycles. The number of benzene rings is 2. The molecule has 1 heterocycles. The maximum atomic E-state index is 12.3. The summed E-state index contributed by atoms with van der Waals surface area (Å²) in [5, 5.41) is 3.64. The quantitative estimate of drug-likeness (QED) is 0.876. The number of piperidine rings is 1. The lowest BCUT2D eigenvalue weighted by atomic mass is 9.98. The Morgan fingerprint density at radius 3 is 2.42 bits per heavy atom. The Bertz CT molecular complexity index is 653. The van der Waals surface area contributed by atoms with Crippen LogP contribution < -0.4 is 10.1 Å². The highest BCUT2D eigenvalue weighted by Gasteiger charge is 2.23. The van der Waals surface area contributed by atoms with Crippen molar-refractivity contribution in [3.8, 4) is 5.75 Å². The normalized spacial score (nSPS) is 15.1. The van der Waals surface area contributed by atoms with Crippen molar-refractivity contribution in [3.63, 3.8) is 0 Å². The molecule has 0 saturated carbocycles. The molecule has 126 valence electrons. The van der Waals surface area contributed by atoms with Gasteiger partial charge in [-0.3, -0.25) is 0 Å². The highest BCUT2D eigenvalue weighted by Crippen LogP contribution is 2.21. The molecule has 1 saturated heterocycles. The standard InChI is InChI=1S/C19H21ClN2O2/c20-16-6-8-18(9-7-16)24-14-15-10-12-22(13-11-15)19(23)21-17-4-2-1-3-5-17/h1-9,15H,10-14H2,(H,21,23). The van der Waals surface area contributed by atoms with Gasteiger partial charge < -0.3 is 15.0 Å². The van der Waals surface area contributed by atoms with Gasteiger partial charge in [0.05, 0.1) is 6.61 Å². The van der Waals surface area contributed by atoms with Gasteiger partial charge in [0.25, 0.3) is 0 Å². The molecule has 2 aromatic carbocycles. The Balaban J connectivity index is 1.42. The van der Waals surface area contributed by atoms with Gasteiger partial charge >= 0.3 is 6.03 Å². The number of ether oxygens (including phenoxy) is 1. The predicted octanol–water partition coefficient (Wildman–Crippen LogP) is 4.66. The van der Waals surface area contributed by atoms with Crippen molar-refractivity contribution >= 4 is 23.3 Å². The van der Waals surface area contributed by atoms with E-state index in [9.17, 15) is 4.79 Å². The Labute approximate surface area is 147 Å². The number of halogens is 1. The molecule has 1 aliphatic rings. The van der Waals surface area contributed by atoms with E-state index in [0.29, 0.717) is 17.5 Å². The molecule has 0 aliphatic carbocycles. The zero-order valence-electron chi connectivity index (χ0n) is 13.5. The average molecular weight is 345 g/mol. The molecule has 0 spiro atoms. The third kappa shape index (κ3) is 4.65. The van der Waals surface area contributed by atoms with Gasteiger partial charge in [-0.05, 0) is 55.2 Å². The monoisotopic (exact) mass is 344 g/mol. The third-order valence-corrected chi connectivity index (χ3v) is 4.48. The van der Waals surface area contributed by atoms with E-state index in [2.05, 4.69) is 5.32 Å². The number of anilines is 1. The molecule has 3 rings (SSSR count). The minimum atomic E-state index is -0.0294. The highest BCUT2D eigenvalue weighted by atomic mass is 35.5. The number of hydrogen-bond donors (Lipinski definition) is 1. The summed E-state index contributed by atoms with van der Waals surface area (Å²) in [6, 6.07) is 16.9. The second-order valence-electron chi connectivity index (χ2n) is 5.99. The van der Waals surface area contributed by atoms with Crippen molar-refractivity contribution < 1.29 is 9.53 Å². The van der Waals surface area contributed by atoms with Crippen LogP contribution in [0.25, 0.3) is 0 Å². The fourth-order valence-electron chi connectivity index (χ4n) is 2.77. The molecule has 0 atom stereocenters. The summed E-state index contributed by atoms with van der Waals surface area (Å²) in [6.45, 7) is 2.19. The molecule has 2 amide bonds. The maximum absolute atomic E-state index is 12.3. The number of rotatable bonds is 4. The molecule has 0 bridgehead atoms. The fraction of sp³-hybridized carbons (Fsp3) is 0.316. The molecule has 1 fully saturated rings. The molecule has 5 heteroatoms. The van der Waals surface area contributed by atoms with Gasteiger partial charge in [0.15, 0.2) is 0 Å². The van der Waals surface area contributed by atoms with Crippen molar-refractivity contribution in [2.75, 3.05) is 25.0 Å². The number of hydrogen-bond acceptors (Lipinski definition) is 2. The van der Waals surface area contributed by atoms with Crippen LogP contribution in [-0.4, -0.2) is 30.6 Å². The smallest absolute Gasteiger partial charge is 0.321 e. The van der Waals surface area contributed by atoms with Crippen LogP contribution in [0.15, 0.2) is 54.6 Å². The zero-order valence-corrected chi connectivity index (χ0v) is 14.2. The van der Waals surface area contributed by atoms with Gasteiger partial charge in [0.2, 0.25) is 0 Å². The first kappa shape index (κ1) is 16.7. The largest absolute Gasteiger partial charge is 0.493 e. The predicted molar refractivity (Wildman–Crippen MR) is 96.7 cm³/mol. The van der Waals surface area contributed by atoms with Gasteiger partial charge in [-0.25, -0.2) is 4.79 Å². The van der Waals surface area contributed by atoms with Crippen LogP contribution in [0.1, 0.15) is 12.8 Å². The summed E-state index contributed by atoms with van der Waals surface area (Å²) in [7, 11) is 0. The molecular weight excluding hydrogens is 324 g/mol. The minimum absolute atomic E-state index is 0.0294. The van der Waals surface area contributed by atoms with Crippen LogP contribution in [-0.2, 0) is 0 Å². The second-order valence-corrected chi connectivity index (χ2v) is 6.43. The second kappa shape index (κ2) is 8.06. The van der Waals surface area contributed by atoms with Crippen LogP contribution in [0.3, 0.4) is 0 Å². The lowest BCUT2D eigenvalue weighted by molar-refractivity contribution is 0.152. The van der Waals surface area contributed by atoms with E-state index in [4.69, 9.17) is 16.3 Å². The SMILES string of the molecule is O=C(Nc1ccccc1)N1CCC(COc2ccc(Cl)cc2)CC1. The summed E-state index contributed by atoms with van der Waals surface area (Å²) < 4.78 is 5.81. The number of likely N-dealkylation sites (tertiary alicyclic amines) is 1. The number of nitrogens with one attached hydrogen (secondary N) is 1. The summed E-state index contributed by atoms with van der Waals surface area (Å²) in [5.41, 5.74) is 0.829. The fourth-order valence-corrected chi connectivity index (χ4v) is 2.90. The average Bonchev–Trinajstić information content (AvgIpc) is 2.62. The first-order valence-electron chi connectivity index (χ1n) is 8.20. The van der Waals surface area contributed by atoms with E-state index in [0.717, 1.165) is 37.4 Å². The van der Waals surface area contributed by atoms with Crippen LogP contribution in [0.5, 0.6) is 5.75 Å². The summed E-state index contributed by atoms with van der Waals surface area (Å²) in [5.74, 6) is 1.31. The number of amides is 2. The molecule has 1 aliphatic heterocycles. The number of carbonyl (C=O) groups excluding carboxylic acids is 1. The Hall–Kier alpha value is -2.20. The van der Waals surface area contributed by atoms with E-state index in [-0.39, 0.29) is 6.03 Å². The van der Waals surface area contributed by atoms with Crippen molar-refractivity contribution in [3.05, 3.63) is 59.6 Å².